The molecule has 128 valence electrons. The number of hydrogen-bond donors (Lipinski definition) is 1. The molecule has 0 aliphatic carbocycles. The second-order valence-electron chi connectivity index (χ2n) is 6.71. The predicted molar refractivity (Wildman–Crippen MR) is 96.4 cm³/mol. The monoisotopic (exact) mass is 433 g/mol. The van der Waals surface area contributed by atoms with Crippen molar-refractivity contribution >= 4 is 28.7 Å². The van der Waals surface area contributed by atoms with Gasteiger partial charge in [-0.3, -0.25) is 4.90 Å². The van der Waals surface area contributed by atoms with Crippen LogP contribution in [0.2, 0.25) is 0 Å². The summed E-state index contributed by atoms with van der Waals surface area (Å²) in [5.74, 6) is 0. The molecule has 2 unspecified atom stereocenters. The number of morpholine rings is 1. The van der Waals surface area contributed by atoms with E-state index in [0.29, 0.717) is 26.2 Å². The van der Waals surface area contributed by atoms with E-state index in [1.54, 1.807) is 4.90 Å². The molecule has 1 saturated heterocycles. The van der Waals surface area contributed by atoms with E-state index in [2.05, 4.69) is 22.6 Å². The molecule has 1 aromatic carbocycles. The Balaban J connectivity index is 2.04. The fourth-order valence-corrected chi connectivity index (χ4v) is 2.85. The van der Waals surface area contributed by atoms with Gasteiger partial charge >= 0.3 is 6.09 Å². The molecule has 0 aromatic heterocycles. The predicted octanol–water partition coefficient (Wildman–Crippen LogP) is 2.83. The van der Waals surface area contributed by atoms with Crippen LogP contribution < -0.4 is 0 Å². The van der Waals surface area contributed by atoms with Crippen molar-refractivity contribution in [2.45, 2.75) is 44.9 Å². The zero-order chi connectivity index (χ0) is 17.0. The van der Waals surface area contributed by atoms with Gasteiger partial charge in [0.1, 0.15) is 5.60 Å². The Labute approximate surface area is 151 Å². The van der Waals surface area contributed by atoms with Crippen molar-refractivity contribution in [3.63, 3.8) is 0 Å². The van der Waals surface area contributed by atoms with E-state index in [4.69, 9.17) is 9.47 Å². The molecule has 0 saturated carbocycles. The summed E-state index contributed by atoms with van der Waals surface area (Å²) in [6.45, 7) is 6.73. The molecule has 1 fully saturated rings. The summed E-state index contributed by atoms with van der Waals surface area (Å²) < 4.78 is 12.1. The van der Waals surface area contributed by atoms with Gasteiger partial charge in [0.25, 0.3) is 0 Å². The third-order valence-electron chi connectivity index (χ3n) is 3.60. The number of carbonyl (C=O) groups is 1. The molecule has 23 heavy (non-hydrogen) atoms. The van der Waals surface area contributed by atoms with Crippen molar-refractivity contribution in [3.8, 4) is 0 Å². The topological polar surface area (TPSA) is 59.0 Å². The van der Waals surface area contributed by atoms with Crippen molar-refractivity contribution < 1.29 is 19.4 Å². The Bertz CT molecular complexity index is 526. The fourth-order valence-electron chi connectivity index (χ4n) is 2.49. The highest BCUT2D eigenvalue weighted by atomic mass is 127. The highest BCUT2D eigenvalue weighted by Gasteiger charge is 2.35. The van der Waals surface area contributed by atoms with Gasteiger partial charge in [0.15, 0.2) is 0 Å². The van der Waals surface area contributed by atoms with Crippen LogP contribution in [0.1, 0.15) is 26.3 Å². The summed E-state index contributed by atoms with van der Waals surface area (Å²) in [4.78, 5) is 14.0. The second-order valence-corrected chi connectivity index (χ2v) is 7.96. The van der Waals surface area contributed by atoms with Gasteiger partial charge < -0.3 is 14.6 Å². The van der Waals surface area contributed by atoms with Crippen LogP contribution in [0.5, 0.6) is 0 Å². The van der Waals surface area contributed by atoms with Crippen LogP contribution in [0.25, 0.3) is 0 Å². The average Bonchev–Trinajstić information content (AvgIpc) is 2.48. The molecular formula is C17H24INO4. The minimum Gasteiger partial charge on any atom is -0.444 e. The Morgan fingerprint density at radius 2 is 2.09 bits per heavy atom. The minimum atomic E-state index is -0.692. The number of nitrogens with zero attached hydrogens (tertiary/aromatic N) is 1. The zero-order valence-corrected chi connectivity index (χ0v) is 15.9. The van der Waals surface area contributed by atoms with E-state index in [-0.39, 0.29) is 0 Å². The Morgan fingerprint density at radius 3 is 2.70 bits per heavy atom. The molecule has 2 atom stereocenters. The molecule has 1 N–H and O–H groups in total. The van der Waals surface area contributed by atoms with Crippen molar-refractivity contribution in [2.24, 2.45) is 0 Å². The number of halogens is 1. The van der Waals surface area contributed by atoms with Gasteiger partial charge in [-0.2, -0.15) is 0 Å². The van der Waals surface area contributed by atoms with Gasteiger partial charge in [-0.1, -0.05) is 12.1 Å². The second kappa shape index (κ2) is 7.81. The largest absolute Gasteiger partial charge is 0.444 e. The lowest BCUT2D eigenvalue weighted by molar-refractivity contribution is -0.0660. The van der Waals surface area contributed by atoms with Gasteiger partial charge in [-0.15, -0.1) is 0 Å². The quantitative estimate of drug-likeness (QED) is 0.746. The van der Waals surface area contributed by atoms with Gasteiger partial charge in [-0.25, -0.2) is 4.79 Å². The molecule has 1 heterocycles. The normalized spacial score (nSPS) is 20.2. The molecule has 1 aliphatic heterocycles. The number of hydrogen-bond acceptors (Lipinski definition) is 4. The van der Waals surface area contributed by atoms with Crippen LogP contribution in [-0.2, 0) is 15.9 Å². The van der Waals surface area contributed by atoms with E-state index >= 15 is 0 Å². The first-order chi connectivity index (χ1) is 10.8. The Kier molecular flexibility index (Phi) is 6.27. The van der Waals surface area contributed by atoms with Crippen LogP contribution in [0, 0.1) is 3.57 Å². The van der Waals surface area contributed by atoms with Crippen LogP contribution in [0.3, 0.4) is 0 Å². The van der Waals surface area contributed by atoms with E-state index in [1.807, 2.05) is 45.0 Å². The lowest BCUT2D eigenvalue weighted by Crippen LogP contribution is -2.55. The van der Waals surface area contributed by atoms with Crippen molar-refractivity contribution in [2.75, 3.05) is 19.8 Å². The molecule has 1 aromatic rings. The van der Waals surface area contributed by atoms with Gasteiger partial charge in [0.2, 0.25) is 0 Å². The van der Waals surface area contributed by atoms with Gasteiger partial charge in [0.05, 0.1) is 25.4 Å². The first-order valence-corrected chi connectivity index (χ1v) is 8.84. The standard InChI is InChI=1S/C17H24INO4/c1-17(2,3)23-16(21)19-8-9-22-11-14(19)15(20)10-12-4-6-13(18)7-5-12/h4-7,14-15,20H,8-11H2,1-3H3. The lowest BCUT2D eigenvalue weighted by Gasteiger charge is -2.38. The number of aliphatic hydroxyl groups excluding tert-OH is 1. The first kappa shape index (κ1) is 18.5. The number of rotatable bonds is 3. The fraction of sp³-hybridized carbons (Fsp3) is 0.588. The number of benzene rings is 1. The first-order valence-electron chi connectivity index (χ1n) is 7.76. The van der Waals surface area contributed by atoms with Crippen molar-refractivity contribution in [3.05, 3.63) is 33.4 Å². The van der Waals surface area contributed by atoms with Crippen LogP contribution >= 0.6 is 22.6 Å². The van der Waals surface area contributed by atoms with Crippen LogP contribution in [0.15, 0.2) is 24.3 Å². The summed E-state index contributed by atoms with van der Waals surface area (Å²) in [5.41, 5.74) is 0.480. The third-order valence-corrected chi connectivity index (χ3v) is 4.31. The molecule has 1 aliphatic rings. The van der Waals surface area contributed by atoms with E-state index in [1.165, 1.54) is 0 Å². The molecule has 1 amide bonds. The van der Waals surface area contributed by atoms with E-state index in [0.717, 1.165) is 9.13 Å². The van der Waals surface area contributed by atoms with E-state index < -0.39 is 23.8 Å². The summed E-state index contributed by atoms with van der Waals surface area (Å²) >= 11 is 2.25. The van der Waals surface area contributed by atoms with Crippen molar-refractivity contribution in [1.29, 1.82) is 0 Å². The van der Waals surface area contributed by atoms with E-state index in [9.17, 15) is 9.90 Å². The molecule has 5 nitrogen and oxygen atoms in total. The minimum absolute atomic E-state index is 0.324. The zero-order valence-electron chi connectivity index (χ0n) is 13.8. The highest BCUT2D eigenvalue weighted by Crippen LogP contribution is 2.19. The van der Waals surface area contributed by atoms with Crippen LogP contribution in [-0.4, -0.2) is 53.6 Å². The molecule has 0 bridgehead atoms. The maximum absolute atomic E-state index is 12.4. The molecule has 0 spiro atoms. The summed E-state index contributed by atoms with van der Waals surface area (Å²) in [6, 6.07) is 7.61. The smallest absolute Gasteiger partial charge is 0.410 e. The average molecular weight is 433 g/mol. The van der Waals surface area contributed by atoms with Gasteiger partial charge in [-0.05, 0) is 61.1 Å². The van der Waals surface area contributed by atoms with Crippen molar-refractivity contribution in [1.82, 2.24) is 4.90 Å². The number of amides is 1. The lowest BCUT2D eigenvalue weighted by atomic mass is 10.0. The van der Waals surface area contributed by atoms with Gasteiger partial charge in [0, 0.05) is 16.5 Å². The Hall–Kier alpha value is -0.860. The maximum Gasteiger partial charge on any atom is 0.410 e. The number of carbonyl (C=O) groups excluding carboxylic acids is 1. The Morgan fingerprint density at radius 1 is 1.43 bits per heavy atom. The number of aliphatic hydroxyl groups is 1. The maximum atomic E-state index is 12.4. The summed E-state index contributed by atoms with van der Waals surface area (Å²) in [6.07, 6.45) is -0.611. The summed E-state index contributed by atoms with van der Waals surface area (Å²) in [5, 5.41) is 10.6. The summed E-state index contributed by atoms with van der Waals surface area (Å²) in [7, 11) is 0. The third kappa shape index (κ3) is 5.61. The molecule has 2 rings (SSSR count). The molecular weight excluding hydrogens is 409 g/mol. The highest BCUT2D eigenvalue weighted by molar-refractivity contribution is 14.1. The SMILES string of the molecule is CC(C)(C)OC(=O)N1CCOCC1C(O)Cc1ccc(I)cc1. The van der Waals surface area contributed by atoms with Crippen LogP contribution in [0.4, 0.5) is 4.79 Å². The number of ether oxygens (including phenoxy) is 2. The molecule has 0 radical (unpaired) electrons. The molecule has 6 heteroatoms.